The molecule has 3 rings (SSSR count). The van der Waals surface area contributed by atoms with Crippen LogP contribution in [0.2, 0.25) is 0 Å². The van der Waals surface area contributed by atoms with E-state index in [1.165, 1.54) is 0 Å². The molecule has 2 N–H and O–H groups in total. The van der Waals surface area contributed by atoms with Crippen LogP contribution in [0.25, 0.3) is 0 Å². The summed E-state index contributed by atoms with van der Waals surface area (Å²) in [4.78, 5) is 4.39. The topological polar surface area (TPSA) is 83.4 Å². The molecule has 6 nitrogen and oxygen atoms in total. The Morgan fingerprint density at radius 3 is 3.00 bits per heavy atom. The van der Waals surface area contributed by atoms with Crippen LogP contribution in [-0.2, 0) is 9.47 Å². The van der Waals surface area contributed by atoms with Gasteiger partial charge < -0.3 is 19.7 Å². The van der Waals surface area contributed by atoms with Gasteiger partial charge in [0, 0.05) is 13.7 Å². The highest BCUT2D eigenvalue weighted by Crippen LogP contribution is 2.43. The normalized spacial score (nSPS) is 33.2. The zero-order valence-electron chi connectivity index (χ0n) is 9.83. The van der Waals surface area contributed by atoms with E-state index in [9.17, 15) is 0 Å². The molecule has 0 amide bonds. The lowest BCUT2D eigenvalue weighted by molar-refractivity contribution is 0.0803. The number of nitrogens with two attached hydrogens (primary N) is 1. The van der Waals surface area contributed by atoms with E-state index in [0.717, 1.165) is 25.1 Å². The average Bonchev–Trinajstić information content (AvgIpc) is 3.06. The Balaban J connectivity index is 1.76. The van der Waals surface area contributed by atoms with Crippen molar-refractivity contribution in [2.45, 2.75) is 43.5 Å². The Morgan fingerprint density at radius 2 is 2.41 bits per heavy atom. The summed E-state index contributed by atoms with van der Waals surface area (Å²) >= 11 is 0. The number of fused-ring (bicyclic) bond motifs is 2. The van der Waals surface area contributed by atoms with E-state index < -0.39 is 0 Å². The van der Waals surface area contributed by atoms with Gasteiger partial charge in [0.2, 0.25) is 0 Å². The number of aromatic nitrogens is 2. The molecule has 2 saturated heterocycles. The molecule has 6 heteroatoms. The van der Waals surface area contributed by atoms with Gasteiger partial charge in [0.15, 0.2) is 5.82 Å². The highest BCUT2D eigenvalue weighted by molar-refractivity contribution is 5.07. The molecular formula is C11H17N3O3. The number of nitrogens with zero attached hydrogens (tertiary/aromatic N) is 2. The van der Waals surface area contributed by atoms with Gasteiger partial charge in [-0.3, -0.25) is 0 Å². The number of hydrogen-bond acceptors (Lipinski definition) is 6. The number of methoxy groups -OCH3 is 1. The summed E-state index contributed by atoms with van der Waals surface area (Å²) in [5, 5.41) is 4.03. The zero-order chi connectivity index (χ0) is 11.8. The Morgan fingerprint density at radius 1 is 1.53 bits per heavy atom. The summed E-state index contributed by atoms with van der Waals surface area (Å²) in [6.07, 6.45) is 3.61. The summed E-state index contributed by atoms with van der Waals surface area (Å²) in [7, 11) is 1.59. The highest BCUT2D eigenvalue weighted by atomic mass is 16.5. The molecule has 94 valence electrons. The lowest BCUT2D eigenvalue weighted by Crippen LogP contribution is -2.17. The molecular weight excluding hydrogens is 222 g/mol. The van der Waals surface area contributed by atoms with Gasteiger partial charge in [-0.05, 0) is 19.3 Å². The summed E-state index contributed by atoms with van der Waals surface area (Å²) in [5.41, 5.74) is 5.56. The second-order valence-electron chi connectivity index (χ2n) is 4.67. The fourth-order valence-corrected chi connectivity index (χ4v) is 2.74. The summed E-state index contributed by atoms with van der Waals surface area (Å²) in [6, 6.07) is 0. The minimum Gasteiger partial charge on any atom is -0.374 e. The van der Waals surface area contributed by atoms with Crippen LogP contribution in [-0.4, -0.2) is 36.0 Å². The first-order chi connectivity index (χ1) is 8.31. The van der Waals surface area contributed by atoms with E-state index in [2.05, 4.69) is 10.1 Å². The van der Waals surface area contributed by atoms with Crippen LogP contribution in [0.3, 0.4) is 0 Å². The maximum atomic E-state index is 5.78. The molecule has 0 aliphatic carbocycles. The van der Waals surface area contributed by atoms with Crippen molar-refractivity contribution < 1.29 is 14.0 Å². The highest BCUT2D eigenvalue weighted by Gasteiger charge is 2.43. The summed E-state index contributed by atoms with van der Waals surface area (Å²) in [6.45, 7) is 0.339. The van der Waals surface area contributed by atoms with Crippen molar-refractivity contribution in [2.75, 3.05) is 13.7 Å². The molecule has 0 aromatic carbocycles. The first kappa shape index (κ1) is 11.1. The standard InChI is InChI=1S/C11H17N3O3/c1-15-9(5-12)11-13-10(14-17-11)7-4-6-2-3-8(7)16-6/h6-9H,2-5,12H2,1H3. The Kier molecular flexibility index (Phi) is 2.85. The molecule has 2 aliphatic rings. The third-order valence-electron chi connectivity index (χ3n) is 3.67. The first-order valence-corrected chi connectivity index (χ1v) is 6.03. The van der Waals surface area contributed by atoms with E-state index in [0.29, 0.717) is 18.5 Å². The zero-order valence-corrected chi connectivity index (χ0v) is 9.83. The summed E-state index contributed by atoms with van der Waals surface area (Å²) in [5.74, 6) is 1.48. The Bertz CT molecular complexity index is 391. The molecule has 0 spiro atoms. The van der Waals surface area contributed by atoms with Gasteiger partial charge >= 0.3 is 0 Å². The maximum Gasteiger partial charge on any atom is 0.257 e. The third kappa shape index (κ3) is 1.86. The van der Waals surface area contributed by atoms with Crippen LogP contribution in [0.15, 0.2) is 4.52 Å². The van der Waals surface area contributed by atoms with Crippen LogP contribution in [0.1, 0.15) is 43.0 Å². The number of hydrogen-bond donors (Lipinski definition) is 1. The van der Waals surface area contributed by atoms with Crippen molar-refractivity contribution in [3.8, 4) is 0 Å². The maximum absolute atomic E-state index is 5.78. The quantitative estimate of drug-likeness (QED) is 0.834. The average molecular weight is 239 g/mol. The van der Waals surface area contributed by atoms with E-state index in [-0.39, 0.29) is 18.1 Å². The molecule has 0 saturated carbocycles. The Hall–Kier alpha value is -0.980. The second-order valence-corrected chi connectivity index (χ2v) is 4.67. The largest absolute Gasteiger partial charge is 0.374 e. The first-order valence-electron chi connectivity index (χ1n) is 6.03. The van der Waals surface area contributed by atoms with Crippen molar-refractivity contribution in [1.29, 1.82) is 0 Å². The van der Waals surface area contributed by atoms with Crippen molar-refractivity contribution in [1.82, 2.24) is 10.1 Å². The fraction of sp³-hybridized carbons (Fsp3) is 0.818. The predicted molar refractivity (Wildman–Crippen MR) is 58.4 cm³/mol. The van der Waals surface area contributed by atoms with Crippen LogP contribution < -0.4 is 5.73 Å². The van der Waals surface area contributed by atoms with Gasteiger partial charge in [-0.25, -0.2) is 0 Å². The molecule has 4 unspecified atom stereocenters. The van der Waals surface area contributed by atoms with Crippen molar-refractivity contribution in [3.63, 3.8) is 0 Å². The fourth-order valence-electron chi connectivity index (χ4n) is 2.74. The Labute approximate surface area is 99.5 Å². The van der Waals surface area contributed by atoms with Crippen LogP contribution in [0, 0.1) is 0 Å². The molecule has 2 fully saturated rings. The van der Waals surface area contributed by atoms with Crippen LogP contribution in [0.5, 0.6) is 0 Å². The van der Waals surface area contributed by atoms with E-state index in [1.807, 2.05) is 0 Å². The van der Waals surface area contributed by atoms with Gasteiger partial charge in [0.1, 0.15) is 6.10 Å². The molecule has 17 heavy (non-hydrogen) atoms. The third-order valence-corrected chi connectivity index (χ3v) is 3.67. The lowest BCUT2D eigenvalue weighted by Gasteiger charge is -2.13. The smallest absolute Gasteiger partial charge is 0.257 e. The van der Waals surface area contributed by atoms with Gasteiger partial charge in [-0.15, -0.1) is 0 Å². The predicted octanol–water partition coefficient (Wildman–Crippen LogP) is 0.751. The van der Waals surface area contributed by atoms with Crippen molar-refractivity contribution in [2.24, 2.45) is 5.73 Å². The number of ether oxygens (including phenoxy) is 2. The van der Waals surface area contributed by atoms with Gasteiger partial charge in [-0.1, -0.05) is 5.16 Å². The summed E-state index contributed by atoms with van der Waals surface area (Å²) < 4.78 is 16.2. The monoisotopic (exact) mass is 239 g/mol. The molecule has 3 heterocycles. The number of rotatable bonds is 4. The van der Waals surface area contributed by atoms with Gasteiger partial charge in [-0.2, -0.15) is 4.98 Å². The van der Waals surface area contributed by atoms with Crippen LogP contribution in [0.4, 0.5) is 0 Å². The molecule has 2 bridgehead atoms. The lowest BCUT2D eigenvalue weighted by atomic mass is 9.89. The van der Waals surface area contributed by atoms with E-state index >= 15 is 0 Å². The van der Waals surface area contributed by atoms with Gasteiger partial charge in [0.25, 0.3) is 5.89 Å². The van der Waals surface area contributed by atoms with E-state index in [4.69, 9.17) is 19.7 Å². The SMILES string of the molecule is COC(CN)c1nc(C2CC3CCC2O3)no1. The van der Waals surface area contributed by atoms with Crippen molar-refractivity contribution >= 4 is 0 Å². The molecule has 1 aromatic rings. The molecule has 0 radical (unpaired) electrons. The molecule has 1 aromatic heterocycles. The minimum absolute atomic E-state index is 0.268. The van der Waals surface area contributed by atoms with E-state index in [1.54, 1.807) is 7.11 Å². The molecule has 2 aliphatic heterocycles. The van der Waals surface area contributed by atoms with Crippen LogP contribution >= 0.6 is 0 Å². The minimum atomic E-state index is -0.309. The molecule has 4 atom stereocenters. The second kappa shape index (κ2) is 4.36. The van der Waals surface area contributed by atoms with Gasteiger partial charge in [0.05, 0.1) is 18.1 Å². The van der Waals surface area contributed by atoms with Crippen molar-refractivity contribution in [3.05, 3.63) is 11.7 Å².